The lowest BCUT2D eigenvalue weighted by molar-refractivity contribution is 0.206. The summed E-state index contributed by atoms with van der Waals surface area (Å²) in [7, 11) is 2.16. The van der Waals surface area contributed by atoms with Gasteiger partial charge in [-0.3, -0.25) is 9.88 Å². The minimum absolute atomic E-state index is 0.333. The third-order valence-corrected chi connectivity index (χ3v) is 5.46. The van der Waals surface area contributed by atoms with Crippen LogP contribution in [0.25, 0.3) is 5.70 Å². The van der Waals surface area contributed by atoms with E-state index < -0.39 is 0 Å². The predicted molar refractivity (Wildman–Crippen MR) is 120 cm³/mol. The van der Waals surface area contributed by atoms with Crippen molar-refractivity contribution in [1.82, 2.24) is 19.4 Å². The van der Waals surface area contributed by atoms with Crippen LogP contribution in [0.3, 0.4) is 0 Å². The zero-order valence-electron chi connectivity index (χ0n) is 17.7. The fourth-order valence-corrected chi connectivity index (χ4v) is 4.09. The van der Waals surface area contributed by atoms with Gasteiger partial charge in [0.25, 0.3) is 0 Å². The summed E-state index contributed by atoms with van der Waals surface area (Å²) in [5, 5.41) is 0. The van der Waals surface area contributed by atoms with Crippen LogP contribution >= 0.6 is 0 Å². The molecule has 5 nitrogen and oxygen atoms in total. The lowest BCUT2D eigenvalue weighted by Gasteiger charge is -2.31. The maximum absolute atomic E-state index is 5.64. The Bertz CT molecular complexity index is 948. The number of rotatable bonds is 7. The second-order valence-electron chi connectivity index (χ2n) is 7.41. The predicted octanol–water partition coefficient (Wildman–Crippen LogP) is 4.54. The normalized spacial score (nSPS) is 17.7. The number of nitrogens with zero attached hydrogens (tertiary/aromatic N) is 4. The van der Waals surface area contributed by atoms with Gasteiger partial charge in [0.05, 0.1) is 23.1 Å². The lowest BCUT2D eigenvalue weighted by Crippen LogP contribution is -2.28. The monoisotopic (exact) mass is 389 g/mol. The minimum atomic E-state index is 0.333. The molecule has 0 amide bonds. The molecule has 3 rings (SSSR count). The zero-order chi connectivity index (χ0) is 20.8. The number of nitrogens with two attached hydrogens (primary N) is 1. The number of fused-ring (bicyclic) bond motifs is 1. The van der Waals surface area contributed by atoms with Gasteiger partial charge >= 0.3 is 0 Å². The molecule has 152 valence electrons. The number of hydrogen-bond acceptors (Lipinski definition) is 4. The summed E-state index contributed by atoms with van der Waals surface area (Å²) in [6, 6.07) is 4.57. The maximum Gasteiger partial charge on any atom is 0.110 e. The molecule has 0 bridgehead atoms. The molecule has 2 aromatic heterocycles. The molecule has 0 radical (unpaired) electrons. The Hall–Kier alpha value is -2.92. The van der Waals surface area contributed by atoms with Gasteiger partial charge in [-0.1, -0.05) is 24.8 Å². The molecule has 1 unspecified atom stereocenters. The number of imidazole rings is 1. The summed E-state index contributed by atoms with van der Waals surface area (Å²) in [6.45, 7) is 8.66. The molecular weight excluding hydrogens is 358 g/mol. The Kier molecular flexibility index (Phi) is 6.83. The summed E-state index contributed by atoms with van der Waals surface area (Å²) in [6.07, 6.45) is 16.7. The molecule has 1 atom stereocenters. The van der Waals surface area contributed by atoms with E-state index in [2.05, 4.69) is 40.3 Å². The van der Waals surface area contributed by atoms with Crippen LogP contribution in [-0.2, 0) is 13.0 Å². The van der Waals surface area contributed by atoms with Crippen LogP contribution in [-0.4, -0.2) is 26.5 Å². The fourth-order valence-electron chi connectivity index (χ4n) is 4.09. The highest BCUT2D eigenvalue weighted by Crippen LogP contribution is 2.32. The van der Waals surface area contributed by atoms with Crippen molar-refractivity contribution in [3.63, 3.8) is 0 Å². The van der Waals surface area contributed by atoms with Crippen molar-refractivity contribution in [1.29, 1.82) is 0 Å². The number of aromatic nitrogens is 3. The fraction of sp³-hybridized carbons (Fsp3) is 0.333. The van der Waals surface area contributed by atoms with Gasteiger partial charge in [-0.05, 0) is 75.7 Å². The van der Waals surface area contributed by atoms with E-state index in [4.69, 9.17) is 10.7 Å². The van der Waals surface area contributed by atoms with Crippen molar-refractivity contribution in [3.8, 4) is 0 Å². The van der Waals surface area contributed by atoms with E-state index in [9.17, 15) is 0 Å². The molecule has 5 heteroatoms. The molecular formula is C24H31N5. The topological polar surface area (TPSA) is 60.0 Å². The second-order valence-corrected chi connectivity index (χ2v) is 7.41. The summed E-state index contributed by atoms with van der Waals surface area (Å²) in [5.41, 5.74) is 11.3. The largest absolute Gasteiger partial charge is 0.405 e. The van der Waals surface area contributed by atoms with Crippen LogP contribution < -0.4 is 5.73 Å². The van der Waals surface area contributed by atoms with Crippen molar-refractivity contribution in [2.24, 2.45) is 5.73 Å². The zero-order valence-corrected chi connectivity index (χ0v) is 17.7. The van der Waals surface area contributed by atoms with Gasteiger partial charge in [-0.2, -0.15) is 0 Å². The Morgan fingerprint density at radius 1 is 1.45 bits per heavy atom. The van der Waals surface area contributed by atoms with E-state index in [1.165, 1.54) is 17.7 Å². The minimum Gasteiger partial charge on any atom is -0.405 e. The molecule has 0 fully saturated rings. The van der Waals surface area contributed by atoms with E-state index in [-0.39, 0.29) is 0 Å². The number of aryl methyl sites for hydroxylation is 2. The summed E-state index contributed by atoms with van der Waals surface area (Å²) >= 11 is 0. The van der Waals surface area contributed by atoms with Crippen LogP contribution in [0.15, 0.2) is 67.2 Å². The first-order valence-electron chi connectivity index (χ1n) is 10.2. The molecule has 1 aliphatic rings. The van der Waals surface area contributed by atoms with Crippen LogP contribution in [0.1, 0.15) is 48.6 Å². The van der Waals surface area contributed by atoms with E-state index in [1.54, 1.807) is 12.3 Å². The average Bonchev–Trinajstić information content (AvgIpc) is 3.09. The molecule has 1 aliphatic carbocycles. The third kappa shape index (κ3) is 4.57. The van der Waals surface area contributed by atoms with Crippen LogP contribution in [0.4, 0.5) is 0 Å². The molecule has 0 aliphatic heterocycles. The highest BCUT2D eigenvalue weighted by molar-refractivity contribution is 5.70. The van der Waals surface area contributed by atoms with Crippen molar-refractivity contribution in [2.45, 2.75) is 45.7 Å². The Morgan fingerprint density at radius 2 is 2.28 bits per heavy atom. The van der Waals surface area contributed by atoms with Gasteiger partial charge in [0.2, 0.25) is 0 Å². The summed E-state index contributed by atoms with van der Waals surface area (Å²) in [5.74, 6) is 0.938. The van der Waals surface area contributed by atoms with Crippen molar-refractivity contribution < 1.29 is 0 Å². The van der Waals surface area contributed by atoms with E-state index in [0.29, 0.717) is 6.04 Å². The van der Waals surface area contributed by atoms with E-state index >= 15 is 0 Å². The lowest BCUT2D eigenvalue weighted by atomic mass is 9.91. The maximum atomic E-state index is 5.64. The first-order chi connectivity index (χ1) is 14.1. The van der Waals surface area contributed by atoms with E-state index in [0.717, 1.165) is 42.2 Å². The van der Waals surface area contributed by atoms with Gasteiger partial charge in [-0.25, -0.2) is 4.98 Å². The number of allylic oxidation sites excluding steroid dienone is 6. The second kappa shape index (κ2) is 9.52. The molecule has 2 heterocycles. The summed E-state index contributed by atoms with van der Waals surface area (Å²) in [4.78, 5) is 11.9. The Balaban J connectivity index is 1.85. The molecule has 0 saturated heterocycles. The van der Waals surface area contributed by atoms with E-state index in [1.807, 2.05) is 44.3 Å². The molecule has 0 saturated carbocycles. The van der Waals surface area contributed by atoms with Crippen LogP contribution in [0.5, 0.6) is 0 Å². The Labute approximate surface area is 174 Å². The van der Waals surface area contributed by atoms with Gasteiger partial charge in [0.15, 0.2) is 0 Å². The quantitative estimate of drug-likeness (QED) is 0.706. The SMILES string of the molecule is C=C/C=C(C(/C=C\N)=C/C)\n1cc(CN(C)C2CCCc3cccnc32)nc1C. The first-order valence-corrected chi connectivity index (χ1v) is 10.2. The van der Waals surface area contributed by atoms with Crippen LogP contribution in [0, 0.1) is 6.92 Å². The van der Waals surface area contributed by atoms with Crippen molar-refractivity contribution >= 4 is 5.70 Å². The van der Waals surface area contributed by atoms with Gasteiger partial charge in [0, 0.05) is 18.9 Å². The van der Waals surface area contributed by atoms with Gasteiger partial charge < -0.3 is 10.3 Å². The Morgan fingerprint density at radius 3 is 3.00 bits per heavy atom. The molecule has 2 N–H and O–H groups in total. The number of pyridine rings is 1. The van der Waals surface area contributed by atoms with Gasteiger partial charge in [-0.15, -0.1) is 0 Å². The van der Waals surface area contributed by atoms with Gasteiger partial charge in [0.1, 0.15) is 5.82 Å². The van der Waals surface area contributed by atoms with Crippen LogP contribution in [0.2, 0.25) is 0 Å². The third-order valence-electron chi connectivity index (χ3n) is 5.46. The molecule has 0 spiro atoms. The standard InChI is InChI=1S/C24H31N5/c1-5-9-22(19(6-2)13-14-25)29-17-21(27-18(29)3)16-28(4)23-12-7-10-20-11-8-15-26-24(20)23/h5-6,8-9,11,13-15,17,23H,1,7,10,12,16,25H2,2-4H3/b14-13-,19-6+,22-9-. The summed E-state index contributed by atoms with van der Waals surface area (Å²) < 4.78 is 2.10. The first kappa shape index (κ1) is 20.8. The molecule has 2 aromatic rings. The van der Waals surface area contributed by atoms with Crippen molar-refractivity contribution in [2.75, 3.05) is 7.05 Å². The average molecular weight is 390 g/mol. The molecule has 0 aromatic carbocycles. The highest BCUT2D eigenvalue weighted by atomic mass is 15.2. The number of hydrogen-bond donors (Lipinski definition) is 1. The highest BCUT2D eigenvalue weighted by Gasteiger charge is 2.25. The van der Waals surface area contributed by atoms with Crippen molar-refractivity contribution in [3.05, 3.63) is 90.0 Å². The smallest absolute Gasteiger partial charge is 0.110 e. The molecule has 29 heavy (non-hydrogen) atoms.